The minimum atomic E-state index is -3.79. The monoisotopic (exact) mass is 304 g/mol. The van der Waals surface area contributed by atoms with E-state index in [0.29, 0.717) is 0 Å². The van der Waals surface area contributed by atoms with Gasteiger partial charge in [-0.05, 0) is 18.9 Å². The van der Waals surface area contributed by atoms with Crippen LogP contribution in [0.1, 0.15) is 49.0 Å². The summed E-state index contributed by atoms with van der Waals surface area (Å²) < 4.78 is 22.2. The quantitative estimate of drug-likeness (QED) is 0.665. The van der Waals surface area contributed by atoms with Crippen LogP contribution < -0.4 is 5.32 Å². The maximum Gasteiger partial charge on any atom is 0.267 e. The van der Waals surface area contributed by atoms with Gasteiger partial charge in [0.1, 0.15) is 10.6 Å². The van der Waals surface area contributed by atoms with Crippen molar-refractivity contribution in [1.82, 2.24) is 10.3 Å². The highest BCUT2D eigenvalue weighted by atomic mass is 35.7. The van der Waals surface area contributed by atoms with E-state index in [0.717, 1.165) is 25.7 Å². The number of carbonyl (C=O) groups is 1. The summed E-state index contributed by atoms with van der Waals surface area (Å²) in [6.45, 7) is 0. The molecular formula is C12H17ClN2O3S. The van der Waals surface area contributed by atoms with Gasteiger partial charge < -0.3 is 10.3 Å². The fraction of sp³-hybridized carbons (Fsp3) is 0.583. The summed E-state index contributed by atoms with van der Waals surface area (Å²) in [4.78, 5) is 14.5. The number of aromatic amines is 1. The van der Waals surface area contributed by atoms with Crippen molar-refractivity contribution in [3.8, 4) is 0 Å². The van der Waals surface area contributed by atoms with E-state index in [4.69, 9.17) is 10.7 Å². The second kappa shape index (κ2) is 5.96. The lowest BCUT2D eigenvalue weighted by Gasteiger charge is -2.15. The Bertz CT molecular complexity index is 545. The lowest BCUT2D eigenvalue weighted by atomic mass is 10.1. The lowest BCUT2D eigenvalue weighted by molar-refractivity contribution is 0.0929. The summed E-state index contributed by atoms with van der Waals surface area (Å²) in [6.07, 6.45) is 7.85. The third-order valence-electron chi connectivity index (χ3n) is 3.37. The molecule has 0 bridgehead atoms. The van der Waals surface area contributed by atoms with Crippen LogP contribution in [0.5, 0.6) is 0 Å². The Hall–Kier alpha value is -1.01. The first-order valence-corrected chi connectivity index (χ1v) is 8.72. The number of hydrogen-bond acceptors (Lipinski definition) is 3. The molecule has 19 heavy (non-hydrogen) atoms. The number of aromatic nitrogens is 1. The van der Waals surface area contributed by atoms with E-state index in [-0.39, 0.29) is 22.5 Å². The molecule has 0 spiro atoms. The van der Waals surface area contributed by atoms with Crippen molar-refractivity contribution < 1.29 is 13.2 Å². The highest BCUT2D eigenvalue weighted by Crippen LogP contribution is 2.19. The molecule has 2 N–H and O–H groups in total. The van der Waals surface area contributed by atoms with Crippen LogP contribution in [0.15, 0.2) is 17.2 Å². The van der Waals surface area contributed by atoms with Crippen LogP contribution in [0.3, 0.4) is 0 Å². The molecule has 7 heteroatoms. The van der Waals surface area contributed by atoms with Crippen molar-refractivity contribution in [2.24, 2.45) is 0 Å². The minimum absolute atomic E-state index is 0.0832. The summed E-state index contributed by atoms with van der Waals surface area (Å²) in [5.74, 6) is -0.279. The Morgan fingerprint density at radius 1 is 1.26 bits per heavy atom. The van der Waals surface area contributed by atoms with Crippen molar-refractivity contribution in [2.45, 2.75) is 49.5 Å². The first-order chi connectivity index (χ1) is 8.97. The van der Waals surface area contributed by atoms with Crippen LogP contribution in [0.25, 0.3) is 0 Å². The van der Waals surface area contributed by atoms with Gasteiger partial charge in [-0.25, -0.2) is 8.42 Å². The summed E-state index contributed by atoms with van der Waals surface area (Å²) in [5.41, 5.74) is 0.225. The van der Waals surface area contributed by atoms with Crippen molar-refractivity contribution in [3.05, 3.63) is 18.0 Å². The predicted molar refractivity (Wildman–Crippen MR) is 72.8 cm³/mol. The molecule has 0 aliphatic heterocycles. The van der Waals surface area contributed by atoms with Crippen molar-refractivity contribution >= 4 is 25.6 Å². The highest BCUT2D eigenvalue weighted by Gasteiger charge is 2.19. The molecule has 0 radical (unpaired) electrons. The van der Waals surface area contributed by atoms with Gasteiger partial charge in [0.2, 0.25) is 0 Å². The first-order valence-electron chi connectivity index (χ1n) is 6.41. The first kappa shape index (κ1) is 14.4. The molecule has 1 amide bonds. The van der Waals surface area contributed by atoms with Gasteiger partial charge in [0.05, 0.1) is 0 Å². The van der Waals surface area contributed by atoms with Crippen molar-refractivity contribution in [1.29, 1.82) is 0 Å². The van der Waals surface area contributed by atoms with E-state index < -0.39 is 9.05 Å². The zero-order valence-electron chi connectivity index (χ0n) is 10.5. The summed E-state index contributed by atoms with van der Waals surface area (Å²) >= 11 is 0. The van der Waals surface area contributed by atoms with Gasteiger partial charge in [-0.2, -0.15) is 0 Å². The van der Waals surface area contributed by atoms with Crippen LogP contribution in [0, 0.1) is 0 Å². The largest absolute Gasteiger partial charge is 0.356 e. The number of nitrogens with one attached hydrogen (secondary N) is 2. The van der Waals surface area contributed by atoms with Crippen LogP contribution in [0.2, 0.25) is 0 Å². The molecule has 106 valence electrons. The standard InChI is InChI=1S/C12H17ClN2O3S/c13-19(17,18)10-7-11(14-8-10)12(16)15-9-5-3-1-2-4-6-9/h7-9,14H,1-6H2,(H,15,16). The molecular weight excluding hydrogens is 288 g/mol. The Morgan fingerprint density at radius 2 is 1.89 bits per heavy atom. The molecule has 0 atom stereocenters. The molecule has 1 aliphatic rings. The van der Waals surface area contributed by atoms with Gasteiger partial charge in [-0.1, -0.05) is 25.7 Å². The number of halogens is 1. The Kier molecular flexibility index (Phi) is 4.52. The topological polar surface area (TPSA) is 79.0 Å². The van der Waals surface area contributed by atoms with Gasteiger partial charge in [-0.15, -0.1) is 0 Å². The van der Waals surface area contributed by atoms with E-state index in [1.54, 1.807) is 0 Å². The molecule has 1 fully saturated rings. The third kappa shape index (κ3) is 3.98. The normalized spacial score (nSPS) is 17.9. The maximum absolute atomic E-state index is 12.0. The smallest absolute Gasteiger partial charge is 0.267 e. The summed E-state index contributed by atoms with van der Waals surface area (Å²) in [5, 5.41) is 2.93. The number of H-pyrrole nitrogens is 1. The van der Waals surface area contributed by atoms with Gasteiger partial charge >= 0.3 is 0 Å². The molecule has 5 nitrogen and oxygen atoms in total. The zero-order chi connectivity index (χ0) is 13.9. The lowest BCUT2D eigenvalue weighted by Crippen LogP contribution is -2.34. The number of hydrogen-bond donors (Lipinski definition) is 2. The van der Waals surface area contributed by atoms with Crippen molar-refractivity contribution in [3.63, 3.8) is 0 Å². The van der Waals surface area contributed by atoms with Crippen LogP contribution in [-0.4, -0.2) is 25.4 Å². The van der Waals surface area contributed by atoms with Gasteiger partial charge in [-0.3, -0.25) is 4.79 Å². The van der Waals surface area contributed by atoms with Gasteiger partial charge in [0.15, 0.2) is 0 Å². The molecule has 0 unspecified atom stereocenters. The van der Waals surface area contributed by atoms with E-state index in [9.17, 15) is 13.2 Å². The third-order valence-corrected chi connectivity index (χ3v) is 4.71. The number of amides is 1. The van der Waals surface area contributed by atoms with E-state index in [1.165, 1.54) is 25.1 Å². The molecule has 1 heterocycles. The fourth-order valence-corrected chi connectivity index (χ4v) is 3.06. The maximum atomic E-state index is 12.0. The average Bonchev–Trinajstić information content (AvgIpc) is 2.70. The van der Waals surface area contributed by atoms with Crippen molar-refractivity contribution in [2.75, 3.05) is 0 Å². The predicted octanol–water partition coefficient (Wildman–Crippen LogP) is 2.39. The Morgan fingerprint density at radius 3 is 2.42 bits per heavy atom. The Labute approximate surface area is 117 Å². The van der Waals surface area contributed by atoms with E-state index in [1.807, 2.05) is 0 Å². The molecule has 0 saturated heterocycles. The molecule has 1 saturated carbocycles. The fourth-order valence-electron chi connectivity index (χ4n) is 2.33. The molecule has 1 aliphatic carbocycles. The zero-order valence-corrected chi connectivity index (χ0v) is 12.1. The average molecular weight is 305 g/mol. The summed E-state index contributed by atoms with van der Waals surface area (Å²) in [6, 6.07) is 1.43. The minimum Gasteiger partial charge on any atom is -0.356 e. The van der Waals surface area contributed by atoms with Crippen LogP contribution in [0.4, 0.5) is 0 Å². The second-order valence-electron chi connectivity index (χ2n) is 4.85. The summed E-state index contributed by atoms with van der Waals surface area (Å²) in [7, 11) is 1.42. The highest BCUT2D eigenvalue weighted by molar-refractivity contribution is 8.13. The van der Waals surface area contributed by atoms with Crippen LogP contribution >= 0.6 is 10.7 Å². The number of rotatable bonds is 3. The van der Waals surface area contributed by atoms with Crippen LogP contribution in [-0.2, 0) is 9.05 Å². The van der Waals surface area contributed by atoms with E-state index in [2.05, 4.69) is 10.3 Å². The van der Waals surface area contributed by atoms with Gasteiger partial charge in [0, 0.05) is 22.9 Å². The van der Waals surface area contributed by atoms with Gasteiger partial charge in [0.25, 0.3) is 15.0 Å². The molecule has 1 aromatic heterocycles. The molecule has 2 rings (SSSR count). The molecule has 0 aromatic carbocycles. The van der Waals surface area contributed by atoms with E-state index >= 15 is 0 Å². The Balaban J connectivity index is 2.01. The SMILES string of the molecule is O=C(NC1CCCCCC1)c1cc(S(=O)(=O)Cl)c[nH]1. The number of carbonyl (C=O) groups excluding carboxylic acids is 1. The molecule has 1 aromatic rings. The second-order valence-corrected chi connectivity index (χ2v) is 7.41.